The predicted octanol–water partition coefficient (Wildman–Crippen LogP) is 22.8. The molecule has 0 spiro atoms. The molecule has 0 aromatic rings. The quantitative estimate of drug-likeness (QED) is 0.0146. The number of phosphoric acid groups is 2. The van der Waals surface area contributed by atoms with E-state index >= 15 is 0 Å². The molecule has 0 saturated heterocycles. The number of ether oxygens (including phenoxy) is 3. The van der Waals surface area contributed by atoms with Crippen LogP contribution >= 0.6 is 15.6 Å². The fourth-order valence-corrected chi connectivity index (χ4v) is 12.1. The van der Waals surface area contributed by atoms with Crippen molar-refractivity contribution in [3.8, 4) is 0 Å². The number of hydrogen-bond acceptors (Lipinski definition) is 14. The maximum absolute atomic E-state index is 12.9. The van der Waals surface area contributed by atoms with Gasteiger partial charge in [0.25, 0.3) is 0 Å². The Morgan fingerprint density at radius 3 is 0.889 bits per heavy atom. The van der Waals surface area contributed by atoms with Crippen molar-refractivity contribution >= 4 is 33.6 Å². The molecule has 0 amide bonds. The Morgan fingerprint density at radius 2 is 0.545 bits per heavy atom. The highest BCUT2D eigenvalue weighted by molar-refractivity contribution is 7.47. The van der Waals surface area contributed by atoms with E-state index in [1.54, 1.807) is 0 Å². The maximum Gasteiger partial charge on any atom is 0.472 e. The van der Waals surface area contributed by atoms with Crippen LogP contribution in [-0.2, 0) is 55.8 Å². The zero-order chi connectivity index (χ0) is 72.3. The number of unbranched alkanes of at least 4 members (excludes halogenated alkanes) is 33. The molecule has 0 aliphatic heterocycles. The normalized spacial score (nSPS) is 14.6. The lowest BCUT2D eigenvalue weighted by atomic mass is 10.0. The Balaban J connectivity index is 4.35. The third kappa shape index (κ3) is 75.2. The first kappa shape index (κ1) is 95.2. The van der Waals surface area contributed by atoms with Crippen molar-refractivity contribution in [1.82, 2.24) is 0 Å². The molecule has 5 unspecified atom stereocenters. The highest BCUT2D eigenvalue weighted by Crippen LogP contribution is 2.45. The summed E-state index contributed by atoms with van der Waals surface area (Å²) in [5, 5.41) is 20.6. The molecule has 0 aliphatic rings. The van der Waals surface area contributed by atoms with E-state index in [2.05, 4.69) is 130 Å². The van der Waals surface area contributed by atoms with Crippen LogP contribution in [0.4, 0.5) is 0 Å². The zero-order valence-electron chi connectivity index (χ0n) is 62.4. The summed E-state index contributed by atoms with van der Waals surface area (Å²) in [6, 6.07) is 0. The van der Waals surface area contributed by atoms with E-state index in [-0.39, 0.29) is 19.3 Å². The lowest BCUT2D eigenvalue weighted by Gasteiger charge is -2.21. The first-order valence-electron chi connectivity index (χ1n) is 39.2. The topological polar surface area (TPSA) is 231 Å². The summed E-state index contributed by atoms with van der Waals surface area (Å²) in [6.07, 6.45) is 86.0. The maximum atomic E-state index is 12.9. The summed E-state index contributed by atoms with van der Waals surface area (Å²) < 4.78 is 61.0. The third-order valence-electron chi connectivity index (χ3n) is 16.5. The van der Waals surface area contributed by atoms with Crippen LogP contribution in [0.5, 0.6) is 0 Å². The fourth-order valence-electron chi connectivity index (χ4n) is 10.5. The molecule has 0 fully saturated rings. The molecule has 0 aromatic carbocycles. The van der Waals surface area contributed by atoms with Crippen LogP contribution < -0.4 is 0 Å². The Bertz CT molecular complexity index is 2240. The van der Waals surface area contributed by atoms with Gasteiger partial charge in [0.15, 0.2) is 6.10 Å². The number of esters is 3. The van der Waals surface area contributed by atoms with Crippen LogP contribution in [0, 0.1) is 0 Å². The molecule has 0 rings (SSSR count). The number of carbonyl (C=O) groups excluding carboxylic acids is 3. The molecule has 0 saturated carbocycles. The van der Waals surface area contributed by atoms with Gasteiger partial charge >= 0.3 is 33.6 Å². The van der Waals surface area contributed by atoms with Crippen molar-refractivity contribution in [2.45, 2.75) is 347 Å². The van der Waals surface area contributed by atoms with Crippen LogP contribution in [0.2, 0.25) is 0 Å². The van der Waals surface area contributed by atoms with Crippen molar-refractivity contribution < 1.29 is 75.8 Å². The van der Waals surface area contributed by atoms with Crippen molar-refractivity contribution in [3.63, 3.8) is 0 Å². The van der Waals surface area contributed by atoms with Crippen LogP contribution in [0.1, 0.15) is 329 Å². The smallest absolute Gasteiger partial charge is 0.463 e. The van der Waals surface area contributed by atoms with Gasteiger partial charge in [-0.2, -0.15) is 0 Å². The Kier molecular flexibility index (Phi) is 71.1. The first-order chi connectivity index (χ1) is 48.2. The molecular formula is C81H142O16P2. The van der Waals surface area contributed by atoms with E-state index in [0.29, 0.717) is 19.3 Å². The Morgan fingerprint density at radius 1 is 0.293 bits per heavy atom. The van der Waals surface area contributed by atoms with Gasteiger partial charge < -0.3 is 34.2 Å². The summed E-state index contributed by atoms with van der Waals surface area (Å²) in [7, 11) is -9.78. The second kappa shape index (κ2) is 73.9. The summed E-state index contributed by atoms with van der Waals surface area (Å²) in [5.41, 5.74) is 0. The number of phosphoric ester groups is 2. The van der Waals surface area contributed by atoms with Crippen molar-refractivity contribution in [3.05, 3.63) is 109 Å². The van der Waals surface area contributed by atoms with E-state index in [4.69, 9.17) is 32.3 Å². The van der Waals surface area contributed by atoms with Crippen molar-refractivity contribution in [2.24, 2.45) is 0 Å². The standard InChI is InChI=1S/C81H142O16P2/c1-4-7-10-13-16-19-22-24-26-28-30-31-32-33-34-35-36-37-38-39-40-41-42-43-45-47-48-50-53-55-58-61-64-67-79(84)91-70-76(82)71-93-98(87,88)94-72-77(83)73-95-99(89,90)96-75-78(97-81(86)69-66-63-60-57-52-21-18-15-12-9-6-3)74-92-80(85)68-65-62-59-56-54-51-49-46-44-29-27-25-23-20-17-14-11-8-5-2/h8,11,15-20,24-27,30-31,33-34,44,46,76-78,82-83H,4-7,9-10,12-14,21-23,28-29,32,35-43,45,47-75H2,1-3H3,(H,87,88)(H,89,90)/b11-8-,18-15-,19-16-,20-17-,26-24-,27-25-,31-30-,34-33-,46-44-. The van der Waals surface area contributed by atoms with E-state index in [1.165, 1.54) is 128 Å². The van der Waals surface area contributed by atoms with Gasteiger partial charge in [0.05, 0.1) is 26.4 Å². The number of carbonyl (C=O) groups is 3. The summed E-state index contributed by atoms with van der Waals surface area (Å²) in [6.45, 7) is 2.48. The highest BCUT2D eigenvalue weighted by atomic mass is 31.2. The largest absolute Gasteiger partial charge is 0.472 e. The van der Waals surface area contributed by atoms with Gasteiger partial charge in [0.1, 0.15) is 25.4 Å². The molecule has 4 N–H and O–H groups in total. The highest BCUT2D eigenvalue weighted by Gasteiger charge is 2.29. The molecule has 99 heavy (non-hydrogen) atoms. The second-order valence-electron chi connectivity index (χ2n) is 26.1. The molecule has 16 nitrogen and oxygen atoms in total. The number of rotatable bonds is 74. The van der Waals surface area contributed by atoms with Crippen LogP contribution in [0.3, 0.4) is 0 Å². The van der Waals surface area contributed by atoms with E-state index in [0.717, 1.165) is 141 Å². The number of allylic oxidation sites excluding steroid dienone is 18. The predicted molar refractivity (Wildman–Crippen MR) is 408 cm³/mol. The Hall–Kier alpha value is -3.79. The van der Waals surface area contributed by atoms with Crippen molar-refractivity contribution in [2.75, 3.05) is 39.6 Å². The van der Waals surface area contributed by atoms with E-state index in [1.807, 2.05) is 0 Å². The molecule has 0 bridgehead atoms. The lowest BCUT2D eigenvalue weighted by molar-refractivity contribution is -0.161. The molecule has 572 valence electrons. The van der Waals surface area contributed by atoms with Gasteiger partial charge in [-0.05, 0) is 122 Å². The number of aliphatic hydroxyl groups excluding tert-OH is 2. The first-order valence-corrected chi connectivity index (χ1v) is 42.2. The minimum Gasteiger partial charge on any atom is -0.463 e. The average Bonchev–Trinajstić information content (AvgIpc) is 1.32. The van der Waals surface area contributed by atoms with Gasteiger partial charge in [0, 0.05) is 19.3 Å². The minimum atomic E-state index is -4.93. The SMILES string of the molecule is CC/C=C\C/C=C\C/C=C\C/C=C\CCCCCCCCC(=O)OCC(COP(=O)(O)OCC(O)COP(=O)(O)OCC(O)COC(=O)CCCCCCCCCCCCCCCCCCC/C=C\C/C=C\C/C=C\C/C=C\CCCCC)OC(=O)CCCCCCC/C=C\CCCC. The average molecular weight is 1430 g/mol. The number of hydrogen-bond donors (Lipinski definition) is 4. The van der Waals surface area contributed by atoms with Gasteiger partial charge in [-0.25, -0.2) is 9.13 Å². The molecule has 0 radical (unpaired) electrons. The monoisotopic (exact) mass is 1430 g/mol. The Labute approximate surface area is 602 Å². The summed E-state index contributed by atoms with van der Waals surface area (Å²) in [4.78, 5) is 58.5. The van der Waals surface area contributed by atoms with E-state index < -0.39 is 91.5 Å². The lowest BCUT2D eigenvalue weighted by Crippen LogP contribution is -2.30. The molecule has 0 aromatic heterocycles. The van der Waals surface area contributed by atoms with E-state index in [9.17, 15) is 43.5 Å². The van der Waals surface area contributed by atoms with Gasteiger partial charge in [-0.15, -0.1) is 0 Å². The fraction of sp³-hybridized carbons (Fsp3) is 0.741. The summed E-state index contributed by atoms with van der Waals surface area (Å²) in [5.74, 6) is -1.60. The molecule has 18 heteroatoms. The van der Waals surface area contributed by atoms with Crippen LogP contribution in [0.25, 0.3) is 0 Å². The minimum absolute atomic E-state index is 0.0901. The van der Waals surface area contributed by atoms with Gasteiger partial charge in [0.2, 0.25) is 0 Å². The molecular weight excluding hydrogens is 1290 g/mol. The zero-order valence-corrected chi connectivity index (χ0v) is 64.2. The second-order valence-corrected chi connectivity index (χ2v) is 29.0. The molecule has 0 heterocycles. The summed E-state index contributed by atoms with van der Waals surface area (Å²) >= 11 is 0. The number of aliphatic hydroxyl groups is 2. The van der Waals surface area contributed by atoms with Gasteiger partial charge in [-0.3, -0.25) is 32.5 Å². The van der Waals surface area contributed by atoms with Crippen molar-refractivity contribution in [1.29, 1.82) is 0 Å². The van der Waals surface area contributed by atoms with Gasteiger partial charge in [-0.1, -0.05) is 297 Å². The van der Waals surface area contributed by atoms with Crippen LogP contribution in [0.15, 0.2) is 109 Å². The molecule has 0 aliphatic carbocycles. The third-order valence-corrected chi connectivity index (χ3v) is 18.4. The molecule has 5 atom stereocenters. The van der Waals surface area contributed by atoms with Crippen LogP contribution in [-0.4, -0.2) is 95.9 Å².